The van der Waals surface area contributed by atoms with E-state index >= 15 is 0 Å². The van der Waals surface area contributed by atoms with E-state index in [-0.39, 0.29) is 5.57 Å². The quantitative estimate of drug-likeness (QED) is 0.253. The van der Waals surface area contributed by atoms with E-state index in [1.54, 1.807) is 0 Å². The second-order valence-electron chi connectivity index (χ2n) is 6.22. The van der Waals surface area contributed by atoms with E-state index in [1.165, 1.54) is 34.6 Å². The van der Waals surface area contributed by atoms with Crippen molar-refractivity contribution >= 4 is 19.5 Å². The summed E-state index contributed by atoms with van der Waals surface area (Å²) in [6.45, 7) is 10.8. The Morgan fingerprint density at radius 3 is 1.50 bits per heavy atom. The fourth-order valence-corrected chi connectivity index (χ4v) is 7.17. The van der Waals surface area contributed by atoms with E-state index in [1.807, 2.05) is 0 Å². The van der Waals surface area contributed by atoms with Gasteiger partial charge in [0.2, 0.25) is 5.82 Å². The van der Waals surface area contributed by atoms with Crippen LogP contribution in [0.15, 0.2) is 12.2 Å². The van der Waals surface area contributed by atoms with E-state index in [0.717, 1.165) is 0 Å². The average molecular weight is 366 g/mol. The van der Waals surface area contributed by atoms with Crippen LogP contribution < -0.4 is 5.19 Å². The SMILES string of the molecule is C=C(C)C(=O)O[Si](c1c(F)c(F)c(F)c(F)c1F)(C(C)C)C(C)C. The first-order valence-corrected chi connectivity index (χ1v) is 9.36. The van der Waals surface area contributed by atoms with Crippen molar-refractivity contribution in [3.8, 4) is 0 Å². The minimum atomic E-state index is -3.93. The maximum absolute atomic E-state index is 14.4. The van der Waals surface area contributed by atoms with Crippen LogP contribution >= 0.6 is 0 Å². The highest BCUT2D eigenvalue weighted by atomic mass is 28.4. The number of hydrogen-bond donors (Lipinski definition) is 0. The highest BCUT2D eigenvalue weighted by molar-refractivity contribution is 6.90. The van der Waals surface area contributed by atoms with Crippen LogP contribution in [0.1, 0.15) is 34.6 Å². The standard InChI is InChI=1S/C16H19F5O2Si/c1-7(2)16(22)23-24(8(3)4,9(5)6)15-13(20)11(18)10(17)12(19)14(15)21/h8-9H,1H2,2-6H3. The monoisotopic (exact) mass is 366 g/mol. The Balaban J connectivity index is 3.87. The van der Waals surface area contributed by atoms with Gasteiger partial charge in [-0.1, -0.05) is 34.3 Å². The largest absolute Gasteiger partial charge is 0.511 e. The molecule has 0 radical (unpaired) electrons. The Morgan fingerprint density at radius 2 is 1.21 bits per heavy atom. The summed E-state index contributed by atoms with van der Waals surface area (Å²) in [4.78, 5) is 12.0. The van der Waals surface area contributed by atoms with Crippen LogP contribution in [-0.2, 0) is 9.22 Å². The highest BCUT2D eigenvalue weighted by Crippen LogP contribution is 2.36. The summed E-state index contributed by atoms with van der Waals surface area (Å²) in [5.74, 6) is -11.2. The van der Waals surface area contributed by atoms with E-state index in [2.05, 4.69) is 6.58 Å². The molecule has 0 aliphatic carbocycles. The fraction of sp³-hybridized carbons (Fsp3) is 0.438. The van der Waals surface area contributed by atoms with Crippen molar-refractivity contribution in [3.05, 3.63) is 41.2 Å². The molecule has 2 nitrogen and oxygen atoms in total. The lowest BCUT2D eigenvalue weighted by Crippen LogP contribution is -2.60. The summed E-state index contributed by atoms with van der Waals surface area (Å²) >= 11 is 0. The van der Waals surface area contributed by atoms with E-state index < -0.39 is 59.6 Å². The van der Waals surface area contributed by atoms with Gasteiger partial charge < -0.3 is 4.43 Å². The first-order valence-electron chi connectivity index (χ1n) is 7.30. The molecular formula is C16H19F5O2Si. The molecule has 0 saturated carbocycles. The Bertz CT molecular complexity index is 649. The molecule has 0 aliphatic heterocycles. The highest BCUT2D eigenvalue weighted by Gasteiger charge is 2.53. The van der Waals surface area contributed by atoms with Gasteiger partial charge in [-0.05, 0) is 18.0 Å². The van der Waals surface area contributed by atoms with Gasteiger partial charge in [0.25, 0.3) is 8.32 Å². The van der Waals surface area contributed by atoms with Crippen molar-refractivity contribution in [1.29, 1.82) is 0 Å². The molecule has 8 heteroatoms. The first kappa shape index (κ1) is 20.3. The van der Waals surface area contributed by atoms with Crippen LogP contribution in [-0.4, -0.2) is 14.3 Å². The van der Waals surface area contributed by atoms with Gasteiger partial charge >= 0.3 is 5.97 Å². The minimum Gasteiger partial charge on any atom is -0.511 e. The van der Waals surface area contributed by atoms with Gasteiger partial charge in [0.1, 0.15) is 0 Å². The molecule has 0 saturated heterocycles. The molecule has 0 amide bonds. The van der Waals surface area contributed by atoms with Gasteiger partial charge in [-0.15, -0.1) is 0 Å². The first-order chi connectivity index (χ1) is 10.9. The van der Waals surface area contributed by atoms with Crippen molar-refractivity contribution < 1.29 is 31.2 Å². The van der Waals surface area contributed by atoms with E-state index in [4.69, 9.17) is 4.43 Å². The predicted molar refractivity (Wildman–Crippen MR) is 82.7 cm³/mol. The summed E-state index contributed by atoms with van der Waals surface area (Å²) < 4.78 is 74.8. The van der Waals surface area contributed by atoms with Gasteiger partial charge in [-0.2, -0.15) is 0 Å². The number of carbonyl (C=O) groups excluding carboxylic acids is 1. The molecule has 1 rings (SSSR count). The normalized spacial score (nSPS) is 12.0. The maximum Gasteiger partial charge on any atom is 0.320 e. The molecule has 1 aromatic carbocycles. The molecule has 0 fully saturated rings. The zero-order valence-corrected chi connectivity index (χ0v) is 15.1. The maximum atomic E-state index is 14.4. The third-order valence-electron chi connectivity index (χ3n) is 3.93. The molecule has 1 aromatic rings. The average Bonchev–Trinajstić information content (AvgIpc) is 2.49. The lowest BCUT2D eigenvalue weighted by Gasteiger charge is -2.38. The predicted octanol–water partition coefficient (Wildman–Crippen LogP) is 4.47. The van der Waals surface area contributed by atoms with Crippen LogP contribution in [0.25, 0.3) is 0 Å². The van der Waals surface area contributed by atoms with Crippen molar-refractivity contribution in [2.75, 3.05) is 0 Å². The van der Waals surface area contributed by atoms with Gasteiger partial charge in [0.05, 0.1) is 5.19 Å². The van der Waals surface area contributed by atoms with Crippen LogP contribution in [0, 0.1) is 29.1 Å². The summed E-state index contributed by atoms with van der Waals surface area (Å²) in [7, 11) is -3.93. The van der Waals surface area contributed by atoms with Crippen molar-refractivity contribution in [3.63, 3.8) is 0 Å². The van der Waals surface area contributed by atoms with Crippen LogP contribution in [0.2, 0.25) is 11.1 Å². The Kier molecular flexibility index (Phi) is 5.97. The lowest BCUT2D eigenvalue weighted by molar-refractivity contribution is -0.131. The summed E-state index contributed by atoms with van der Waals surface area (Å²) in [6.07, 6.45) is 0. The summed E-state index contributed by atoms with van der Waals surface area (Å²) in [5, 5.41) is -1.02. The number of carbonyl (C=O) groups is 1. The second-order valence-corrected chi connectivity index (χ2v) is 10.8. The van der Waals surface area contributed by atoms with Crippen molar-refractivity contribution in [2.24, 2.45) is 0 Å². The number of rotatable bonds is 5. The number of hydrogen-bond acceptors (Lipinski definition) is 2. The molecule has 0 aromatic heterocycles. The molecule has 0 heterocycles. The fourth-order valence-electron chi connectivity index (χ4n) is 2.72. The van der Waals surface area contributed by atoms with E-state index in [9.17, 15) is 26.7 Å². The lowest BCUT2D eigenvalue weighted by atomic mass is 10.3. The molecule has 0 aliphatic rings. The Labute approximate surface area is 138 Å². The minimum absolute atomic E-state index is 0.0305. The van der Waals surface area contributed by atoms with Gasteiger partial charge in [-0.3, -0.25) is 0 Å². The molecular weight excluding hydrogens is 347 g/mol. The molecule has 134 valence electrons. The zero-order chi connectivity index (χ0) is 19.0. The third-order valence-corrected chi connectivity index (χ3v) is 9.10. The van der Waals surface area contributed by atoms with Crippen molar-refractivity contribution in [2.45, 2.75) is 45.7 Å². The summed E-state index contributed by atoms with van der Waals surface area (Å²) in [5.41, 5.74) is -1.32. The molecule has 0 spiro atoms. The van der Waals surface area contributed by atoms with Gasteiger partial charge in [0, 0.05) is 5.57 Å². The Morgan fingerprint density at radius 1 is 0.875 bits per heavy atom. The zero-order valence-electron chi connectivity index (χ0n) is 14.1. The molecule has 0 N–H and O–H groups in total. The van der Waals surface area contributed by atoms with Crippen LogP contribution in [0.4, 0.5) is 22.0 Å². The molecule has 0 atom stereocenters. The molecule has 0 bridgehead atoms. The third kappa shape index (κ3) is 3.11. The Hall–Kier alpha value is -1.70. The van der Waals surface area contributed by atoms with Crippen LogP contribution in [0.3, 0.4) is 0 Å². The van der Waals surface area contributed by atoms with Gasteiger partial charge in [0.15, 0.2) is 23.3 Å². The number of benzene rings is 1. The summed E-state index contributed by atoms with van der Waals surface area (Å²) in [6, 6.07) is 0. The molecule has 24 heavy (non-hydrogen) atoms. The number of halogens is 5. The van der Waals surface area contributed by atoms with Crippen LogP contribution in [0.5, 0.6) is 0 Å². The second kappa shape index (κ2) is 7.04. The smallest absolute Gasteiger partial charge is 0.320 e. The topological polar surface area (TPSA) is 26.3 Å². The van der Waals surface area contributed by atoms with E-state index in [0.29, 0.717) is 0 Å². The van der Waals surface area contributed by atoms with Gasteiger partial charge in [-0.25, -0.2) is 26.7 Å². The van der Waals surface area contributed by atoms with Crippen molar-refractivity contribution in [1.82, 2.24) is 0 Å². The molecule has 0 unspecified atom stereocenters.